The quantitative estimate of drug-likeness (QED) is 0.830. The Hall–Kier alpha value is -2.08. The highest BCUT2D eigenvalue weighted by Crippen LogP contribution is 2.14. The topological polar surface area (TPSA) is 84.9 Å². The molecule has 1 rings (SSSR count). The van der Waals surface area contributed by atoms with E-state index >= 15 is 0 Å². The highest BCUT2D eigenvalue weighted by molar-refractivity contribution is 5.89. The van der Waals surface area contributed by atoms with Crippen molar-refractivity contribution in [3.63, 3.8) is 0 Å². The van der Waals surface area contributed by atoms with Crippen molar-refractivity contribution in [2.75, 3.05) is 13.7 Å². The van der Waals surface area contributed by atoms with Crippen molar-refractivity contribution in [2.24, 2.45) is 0 Å². The maximum atomic E-state index is 11.5. The van der Waals surface area contributed by atoms with E-state index in [0.29, 0.717) is 11.1 Å². The first-order chi connectivity index (χ1) is 9.73. The van der Waals surface area contributed by atoms with E-state index in [-0.39, 0.29) is 6.54 Å². The first-order valence-electron chi connectivity index (χ1n) is 6.56. The molecular weight excluding hydrogens is 274 g/mol. The monoisotopic (exact) mass is 295 g/mol. The molecule has 6 nitrogen and oxygen atoms in total. The number of amides is 1. The van der Waals surface area contributed by atoms with Crippen molar-refractivity contribution >= 4 is 12.1 Å². The van der Waals surface area contributed by atoms with Crippen LogP contribution in [0.15, 0.2) is 24.3 Å². The Morgan fingerprint density at radius 1 is 1.24 bits per heavy atom. The Balaban J connectivity index is 2.54. The fourth-order valence-electron chi connectivity index (χ4n) is 1.57. The lowest BCUT2D eigenvalue weighted by Crippen LogP contribution is -2.34. The van der Waals surface area contributed by atoms with E-state index in [4.69, 9.17) is 4.74 Å². The molecule has 0 bridgehead atoms. The van der Waals surface area contributed by atoms with Crippen LogP contribution in [0.3, 0.4) is 0 Å². The minimum atomic E-state index is -0.885. The summed E-state index contributed by atoms with van der Waals surface area (Å²) in [6, 6.07) is 6.32. The number of methoxy groups -OCH3 is 1. The van der Waals surface area contributed by atoms with Crippen molar-refractivity contribution in [1.82, 2.24) is 5.32 Å². The predicted octanol–water partition coefficient (Wildman–Crippen LogP) is 2.03. The first kappa shape index (κ1) is 17.0. The Kier molecular flexibility index (Phi) is 5.72. The van der Waals surface area contributed by atoms with E-state index in [0.717, 1.165) is 0 Å². The number of benzene rings is 1. The van der Waals surface area contributed by atoms with Gasteiger partial charge in [-0.2, -0.15) is 0 Å². The minimum Gasteiger partial charge on any atom is -0.465 e. The lowest BCUT2D eigenvalue weighted by Gasteiger charge is -2.20. The number of alkyl carbamates (subject to hydrolysis) is 1. The number of carbonyl (C=O) groups is 2. The summed E-state index contributed by atoms with van der Waals surface area (Å²) < 4.78 is 9.65. The van der Waals surface area contributed by atoms with Crippen molar-refractivity contribution in [3.05, 3.63) is 35.4 Å². The normalized spacial score (nSPS) is 12.4. The third-order valence-corrected chi connectivity index (χ3v) is 2.56. The van der Waals surface area contributed by atoms with Crippen LogP contribution >= 0.6 is 0 Å². The lowest BCUT2D eigenvalue weighted by atomic mass is 10.1. The molecule has 1 amide bonds. The number of aliphatic hydroxyl groups is 1. The van der Waals surface area contributed by atoms with E-state index in [1.54, 1.807) is 45.0 Å². The molecule has 0 aliphatic heterocycles. The molecule has 0 radical (unpaired) electrons. The first-order valence-corrected chi connectivity index (χ1v) is 6.56. The average molecular weight is 295 g/mol. The molecule has 0 unspecified atom stereocenters. The van der Waals surface area contributed by atoms with Crippen molar-refractivity contribution in [3.8, 4) is 0 Å². The molecule has 1 aromatic carbocycles. The molecule has 2 N–H and O–H groups in total. The molecule has 0 spiro atoms. The van der Waals surface area contributed by atoms with Crippen molar-refractivity contribution in [1.29, 1.82) is 0 Å². The second kappa shape index (κ2) is 7.08. The maximum Gasteiger partial charge on any atom is 0.407 e. The smallest absolute Gasteiger partial charge is 0.407 e. The summed E-state index contributed by atoms with van der Waals surface area (Å²) in [5, 5.41) is 12.5. The molecule has 0 aromatic heterocycles. The Bertz CT molecular complexity index is 490. The van der Waals surface area contributed by atoms with E-state index in [2.05, 4.69) is 10.1 Å². The molecule has 0 saturated carbocycles. The van der Waals surface area contributed by atoms with E-state index < -0.39 is 23.8 Å². The molecule has 21 heavy (non-hydrogen) atoms. The third-order valence-electron chi connectivity index (χ3n) is 2.56. The van der Waals surface area contributed by atoms with Gasteiger partial charge in [-0.15, -0.1) is 0 Å². The van der Waals surface area contributed by atoms with Gasteiger partial charge in [-0.3, -0.25) is 0 Å². The summed E-state index contributed by atoms with van der Waals surface area (Å²) in [5.74, 6) is -0.442. The standard InChI is InChI=1S/C15H21NO5/c1-15(2,3)21-14(19)16-9-12(17)10-5-7-11(8-6-10)13(18)20-4/h5-8,12,17H,9H2,1-4H3,(H,16,19)/t12-/m0/s1. The van der Waals surface area contributed by atoms with Crippen molar-refractivity contribution < 1.29 is 24.2 Å². The molecule has 1 atom stereocenters. The van der Waals surface area contributed by atoms with Crippen LogP contribution in [-0.4, -0.2) is 36.4 Å². The summed E-state index contributed by atoms with van der Waals surface area (Å²) in [6.07, 6.45) is -1.48. The van der Waals surface area contributed by atoms with Crippen LogP contribution in [0.1, 0.15) is 42.8 Å². The molecule has 0 fully saturated rings. The Labute approximate surface area is 124 Å². The molecule has 0 heterocycles. The molecule has 6 heteroatoms. The number of nitrogens with one attached hydrogen (secondary N) is 1. The number of ether oxygens (including phenoxy) is 2. The van der Waals surface area contributed by atoms with Gasteiger partial charge in [-0.05, 0) is 38.5 Å². The maximum absolute atomic E-state index is 11.5. The summed E-state index contributed by atoms with van der Waals surface area (Å²) >= 11 is 0. The number of esters is 1. The summed E-state index contributed by atoms with van der Waals surface area (Å²) in [6.45, 7) is 5.30. The Morgan fingerprint density at radius 2 is 1.81 bits per heavy atom. The van der Waals surface area contributed by atoms with Crippen LogP contribution in [0.2, 0.25) is 0 Å². The van der Waals surface area contributed by atoms with Crippen LogP contribution < -0.4 is 5.32 Å². The zero-order valence-electron chi connectivity index (χ0n) is 12.7. The zero-order valence-corrected chi connectivity index (χ0v) is 12.7. The number of hydrogen-bond acceptors (Lipinski definition) is 5. The summed E-state index contributed by atoms with van der Waals surface area (Å²) in [7, 11) is 1.30. The van der Waals surface area contributed by atoms with Gasteiger partial charge in [0.1, 0.15) is 5.60 Å². The number of hydrogen-bond donors (Lipinski definition) is 2. The number of carbonyl (C=O) groups excluding carboxylic acids is 2. The van der Waals surface area contributed by atoms with Crippen LogP contribution in [0, 0.1) is 0 Å². The van der Waals surface area contributed by atoms with Crippen LogP contribution in [-0.2, 0) is 9.47 Å². The van der Waals surface area contributed by atoms with E-state index in [1.807, 2.05) is 0 Å². The van der Waals surface area contributed by atoms with E-state index in [9.17, 15) is 14.7 Å². The van der Waals surface area contributed by atoms with E-state index in [1.165, 1.54) is 7.11 Å². The zero-order chi connectivity index (χ0) is 16.0. The van der Waals surface area contributed by atoms with Crippen LogP contribution in [0.4, 0.5) is 4.79 Å². The fraction of sp³-hybridized carbons (Fsp3) is 0.467. The molecular formula is C15H21NO5. The SMILES string of the molecule is COC(=O)c1ccc([C@@H](O)CNC(=O)OC(C)(C)C)cc1. The van der Waals surface area contributed by atoms with Gasteiger partial charge in [0.15, 0.2) is 0 Å². The second-order valence-electron chi connectivity index (χ2n) is 5.51. The van der Waals surface area contributed by atoms with Gasteiger partial charge >= 0.3 is 12.1 Å². The third kappa shape index (κ3) is 5.83. The van der Waals surface area contributed by atoms with Gasteiger partial charge < -0.3 is 19.9 Å². The minimum absolute atomic E-state index is 0.0203. The largest absolute Gasteiger partial charge is 0.465 e. The molecule has 0 saturated heterocycles. The van der Waals surface area contributed by atoms with Crippen LogP contribution in [0.5, 0.6) is 0 Å². The number of aliphatic hydroxyl groups excluding tert-OH is 1. The highest BCUT2D eigenvalue weighted by Gasteiger charge is 2.17. The molecule has 116 valence electrons. The number of rotatable bonds is 4. The van der Waals surface area contributed by atoms with Gasteiger partial charge in [0.2, 0.25) is 0 Å². The van der Waals surface area contributed by atoms with Gasteiger partial charge in [0.25, 0.3) is 0 Å². The van der Waals surface area contributed by atoms with Crippen molar-refractivity contribution in [2.45, 2.75) is 32.5 Å². The van der Waals surface area contributed by atoms with Gasteiger partial charge in [0, 0.05) is 0 Å². The highest BCUT2D eigenvalue weighted by atomic mass is 16.6. The average Bonchev–Trinajstić information content (AvgIpc) is 2.42. The summed E-state index contributed by atoms with van der Waals surface area (Å²) in [5.41, 5.74) is 0.393. The molecule has 1 aromatic rings. The fourth-order valence-corrected chi connectivity index (χ4v) is 1.57. The lowest BCUT2D eigenvalue weighted by molar-refractivity contribution is 0.0491. The summed E-state index contributed by atoms with van der Waals surface area (Å²) in [4.78, 5) is 22.8. The Morgan fingerprint density at radius 3 is 2.29 bits per heavy atom. The predicted molar refractivity (Wildman–Crippen MR) is 77.0 cm³/mol. The van der Waals surface area contributed by atoms with Gasteiger partial charge in [-0.25, -0.2) is 9.59 Å². The molecule has 0 aliphatic rings. The second-order valence-corrected chi connectivity index (χ2v) is 5.51. The van der Waals surface area contributed by atoms with Gasteiger partial charge in [-0.1, -0.05) is 12.1 Å². The van der Waals surface area contributed by atoms with Gasteiger partial charge in [0.05, 0.1) is 25.3 Å². The van der Waals surface area contributed by atoms with Crippen LogP contribution in [0.25, 0.3) is 0 Å². The molecule has 0 aliphatic carbocycles.